The number of aromatic nitrogens is 1. The van der Waals surface area contributed by atoms with E-state index >= 15 is 0 Å². The van der Waals surface area contributed by atoms with Gasteiger partial charge in [-0.1, -0.05) is 24.6 Å². The van der Waals surface area contributed by atoms with E-state index in [1.165, 1.54) is 0 Å². The van der Waals surface area contributed by atoms with Crippen molar-refractivity contribution in [1.29, 1.82) is 0 Å². The summed E-state index contributed by atoms with van der Waals surface area (Å²) in [4.78, 5) is 7.09. The summed E-state index contributed by atoms with van der Waals surface area (Å²) >= 11 is 5.56. The maximum Gasteiger partial charge on any atom is 0.181 e. The van der Waals surface area contributed by atoms with Crippen molar-refractivity contribution in [1.82, 2.24) is 4.98 Å². The second-order valence-corrected chi connectivity index (χ2v) is 8.34. The number of anilines is 1. The van der Waals surface area contributed by atoms with Crippen LogP contribution in [0.3, 0.4) is 0 Å². The Bertz CT molecular complexity index is 809. The standard InChI is InChI=1S/C17H19ClN2O3S/c18-20-17-6-2-4-15(19-17)12-7-9-14(10-8-12)24(22,23)16-5-1-3-13(16)11-21/h2,4,6-10,13,16,21H,1,3,5,11H2,(H,19,20)/t13-,16?/m1/s1. The van der Waals surface area contributed by atoms with Gasteiger partial charge < -0.3 is 5.11 Å². The molecule has 0 radical (unpaired) electrons. The predicted molar refractivity (Wildman–Crippen MR) is 94.5 cm³/mol. The number of rotatable bonds is 5. The Labute approximate surface area is 146 Å². The van der Waals surface area contributed by atoms with Crippen LogP contribution in [0.5, 0.6) is 0 Å². The van der Waals surface area contributed by atoms with Crippen LogP contribution >= 0.6 is 11.8 Å². The summed E-state index contributed by atoms with van der Waals surface area (Å²) in [5.74, 6) is 0.366. The quantitative estimate of drug-likeness (QED) is 0.794. The summed E-state index contributed by atoms with van der Waals surface area (Å²) in [5.41, 5.74) is 1.52. The van der Waals surface area contributed by atoms with E-state index in [0.29, 0.717) is 22.8 Å². The van der Waals surface area contributed by atoms with Gasteiger partial charge in [-0.3, -0.25) is 4.84 Å². The van der Waals surface area contributed by atoms with Gasteiger partial charge in [-0.15, -0.1) is 0 Å². The molecule has 7 heteroatoms. The number of sulfone groups is 1. The zero-order chi connectivity index (χ0) is 17.2. The molecular weight excluding hydrogens is 348 g/mol. The fourth-order valence-electron chi connectivity index (χ4n) is 3.26. The van der Waals surface area contributed by atoms with Crippen LogP contribution < -0.4 is 4.84 Å². The van der Waals surface area contributed by atoms with Crippen molar-refractivity contribution in [3.8, 4) is 11.3 Å². The Kier molecular flexibility index (Phi) is 5.08. The molecule has 0 aliphatic heterocycles. The fourth-order valence-corrected chi connectivity index (χ4v) is 5.43. The van der Waals surface area contributed by atoms with Crippen LogP contribution in [-0.2, 0) is 9.84 Å². The van der Waals surface area contributed by atoms with Gasteiger partial charge in [-0.05, 0) is 43.0 Å². The van der Waals surface area contributed by atoms with Crippen molar-refractivity contribution in [2.45, 2.75) is 29.4 Å². The average Bonchev–Trinajstić information content (AvgIpc) is 3.11. The summed E-state index contributed by atoms with van der Waals surface area (Å²) in [7, 11) is -3.43. The first-order valence-corrected chi connectivity index (χ1v) is 9.77. The summed E-state index contributed by atoms with van der Waals surface area (Å²) in [6.07, 6.45) is 2.22. The minimum atomic E-state index is -3.43. The van der Waals surface area contributed by atoms with Crippen LogP contribution in [0.4, 0.5) is 5.82 Å². The Morgan fingerprint density at radius 2 is 1.92 bits per heavy atom. The SMILES string of the molecule is O=S(=O)(c1ccc(-c2cccc(NCl)n2)cc1)C1CCC[C@@H]1CO. The Balaban J connectivity index is 1.88. The van der Waals surface area contributed by atoms with Gasteiger partial charge in [0.05, 0.1) is 15.8 Å². The number of nitrogens with zero attached hydrogens (tertiary/aromatic N) is 1. The molecule has 1 aromatic carbocycles. The van der Waals surface area contributed by atoms with Gasteiger partial charge in [0.25, 0.3) is 0 Å². The molecule has 2 aromatic rings. The summed E-state index contributed by atoms with van der Waals surface area (Å²) in [5, 5.41) is 8.91. The van der Waals surface area contributed by atoms with Crippen LogP contribution in [0, 0.1) is 5.92 Å². The van der Waals surface area contributed by atoms with Gasteiger partial charge in [-0.2, -0.15) is 0 Å². The molecule has 128 valence electrons. The molecule has 1 unspecified atom stereocenters. The summed E-state index contributed by atoms with van der Waals surface area (Å²) in [6.45, 7) is -0.0792. The number of hydrogen-bond donors (Lipinski definition) is 2. The van der Waals surface area contributed by atoms with Crippen molar-refractivity contribution in [2.24, 2.45) is 5.92 Å². The van der Waals surface area contributed by atoms with Crippen molar-refractivity contribution in [3.63, 3.8) is 0 Å². The molecule has 2 N–H and O–H groups in total. The highest BCUT2D eigenvalue weighted by Gasteiger charge is 2.37. The largest absolute Gasteiger partial charge is 0.396 e. The van der Waals surface area contributed by atoms with Gasteiger partial charge in [0.15, 0.2) is 9.84 Å². The number of aliphatic hydroxyl groups excluding tert-OH is 1. The number of hydrogen-bond acceptors (Lipinski definition) is 5. The number of benzene rings is 1. The van der Waals surface area contributed by atoms with E-state index in [4.69, 9.17) is 11.8 Å². The molecule has 0 bridgehead atoms. The molecule has 1 fully saturated rings. The third-order valence-electron chi connectivity index (χ3n) is 4.55. The molecule has 1 aromatic heterocycles. The van der Waals surface area contributed by atoms with Gasteiger partial charge in [-0.25, -0.2) is 13.4 Å². The van der Waals surface area contributed by atoms with Crippen LogP contribution in [0.25, 0.3) is 11.3 Å². The fraction of sp³-hybridized carbons (Fsp3) is 0.353. The number of nitrogens with one attached hydrogen (secondary N) is 1. The van der Waals surface area contributed by atoms with E-state index in [9.17, 15) is 13.5 Å². The molecule has 0 spiro atoms. The monoisotopic (exact) mass is 366 g/mol. The van der Waals surface area contributed by atoms with E-state index in [-0.39, 0.29) is 12.5 Å². The lowest BCUT2D eigenvalue weighted by Gasteiger charge is -2.18. The third-order valence-corrected chi connectivity index (χ3v) is 7.09. The van der Waals surface area contributed by atoms with Crippen LogP contribution in [0.15, 0.2) is 47.4 Å². The zero-order valence-electron chi connectivity index (χ0n) is 13.0. The second-order valence-electron chi connectivity index (χ2n) is 5.98. The van der Waals surface area contributed by atoms with Gasteiger partial charge in [0, 0.05) is 23.9 Å². The summed E-state index contributed by atoms with van der Waals surface area (Å²) < 4.78 is 25.6. The minimum absolute atomic E-state index is 0.0792. The zero-order valence-corrected chi connectivity index (χ0v) is 14.6. The first kappa shape index (κ1) is 17.2. The van der Waals surface area contributed by atoms with E-state index in [0.717, 1.165) is 18.4 Å². The summed E-state index contributed by atoms with van der Waals surface area (Å²) in [6, 6.07) is 12.1. The van der Waals surface area contributed by atoms with Crippen molar-refractivity contribution in [3.05, 3.63) is 42.5 Å². The molecule has 3 rings (SSSR count). The lowest BCUT2D eigenvalue weighted by atomic mass is 10.1. The Morgan fingerprint density at radius 1 is 1.17 bits per heavy atom. The van der Waals surface area contributed by atoms with E-state index in [2.05, 4.69) is 9.82 Å². The normalized spacial score (nSPS) is 20.9. The number of aliphatic hydroxyl groups is 1. The first-order valence-electron chi connectivity index (χ1n) is 7.85. The van der Waals surface area contributed by atoms with E-state index in [1.807, 2.05) is 12.1 Å². The molecule has 5 nitrogen and oxygen atoms in total. The Hall–Kier alpha value is -1.63. The molecule has 1 aliphatic carbocycles. The van der Waals surface area contributed by atoms with Crippen molar-refractivity contribution >= 4 is 27.4 Å². The molecule has 24 heavy (non-hydrogen) atoms. The third kappa shape index (κ3) is 3.27. The van der Waals surface area contributed by atoms with E-state index < -0.39 is 15.1 Å². The highest BCUT2D eigenvalue weighted by Crippen LogP contribution is 2.34. The average molecular weight is 367 g/mol. The van der Waals surface area contributed by atoms with Crippen LogP contribution in [0.1, 0.15) is 19.3 Å². The Morgan fingerprint density at radius 3 is 2.58 bits per heavy atom. The number of pyridine rings is 1. The van der Waals surface area contributed by atoms with E-state index in [1.54, 1.807) is 30.3 Å². The maximum atomic E-state index is 12.8. The first-order chi connectivity index (χ1) is 11.6. The lowest BCUT2D eigenvalue weighted by Crippen LogP contribution is -2.27. The highest BCUT2D eigenvalue weighted by molar-refractivity contribution is 7.92. The minimum Gasteiger partial charge on any atom is -0.396 e. The predicted octanol–water partition coefficient (Wildman–Crippen LogP) is 3.25. The molecule has 1 heterocycles. The molecule has 1 aliphatic rings. The van der Waals surface area contributed by atoms with Crippen LogP contribution in [0.2, 0.25) is 0 Å². The molecule has 0 amide bonds. The van der Waals surface area contributed by atoms with Crippen molar-refractivity contribution in [2.75, 3.05) is 11.4 Å². The smallest absolute Gasteiger partial charge is 0.181 e. The van der Waals surface area contributed by atoms with Gasteiger partial charge in [0.1, 0.15) is 5.82 Å². The van der Waals surface area contributed by atoms with Gasteiger partial charge >= 0.3 is 0 Å². The molecule has 1 saturated carbocycles. The molecule has 2 atom stereocenters. The van der Waals surface area contributed by atoms with Crippen LogP contribution in [-0.4, -0.2) is 30.4 Å². The van der Waals surface area contributed by atoms with Crippen molar-refractivity contribution < 1.29 is 13.5 Å². The second kappa shape index (κ2) is 7.09. The number of halogens is 1. The topological polar surface area (TPSA) is 79.3 Å². The lowest BCUT2D eigenvalue weighted by molar-refractivity contribution is 0.230. The molecule has 0 saturated heterocycles. The maximum absolute atomic E-state index is 12.8. The molecular formula is C17H19ClN2O3S. The highest BCUT2D eigenvalue weighted by atomic mass is 35.5. The van der Waals surface area contributed by atoms with Gasteiger partial charge in [0.2, 0.25) is 0 Å².